The lowest BCUT2D eigenvalue weighted by molar-refractivity contribution is 0.569. The maximum Gasteiger partial charge on any atom is 0.189 e. The van der Waals surface area contributed by atoms with Gasteiger partial charge in [0, 0.05) is 5.56 Å². The molecule has 1 N–H and O–H groups in total. The van der Waals surface area contributed by atoms with Crippen molar-refractivity contribution in [1.29, 1.82) is 0 Å². The van der Waals surface area contributed by atoms with Crippen LogP contribution in [0, 0.1) is 0 Å². The number of nitrogens with zero attached hydrogens (tertiary/aromatic N) is 1. The molecule has 1 unspecified atom stereocenters. The lowest BCUT2D eigenvalue weighted by atomic mass is 10.1. The van der Waals surface area contributed by atoms with Crippen LogP contribution in [0.1, 0.15) is 12.5 Å². The molecule has 4 nitrogen and oxygen atoms in total. The number of sulfone groups is 1. The van der Waals surface area contributed by atoms with E-state index < -0.39 is 15.1 Å². The second-order valence-electron chi connectivity index (χ2n) is 3.88. The molecular weight excluding hydrogens is 212 g/mol. The Balaban J connectivity index is 2.36. The van der Waals surface area contributed by atoms with Gasteiger partial charge < -0.3 is 5.43 Å². The van der Waals surface area contributed by atoms with E-state index in [0.717, 1.165) is 5.56 Å². The normalized spacial score (nSPS) is 30.3. The Morgan fingerprint density at radius 3 is 2.87 bits per heavy atom. The third kappa shape index (κ3) is 0.958. The van der Waals surface area contributed by atoms with Crippen LogP contribution < -0.4 is 5.43 Å². The van der Waals surface area contributed by atoms with Crippen molar-refractivity contribution in [3.05, 3.63) is 29.8 Å². The molecule has 0 amide bonds. The Labute approximate surface area is 87.9 Å². The average Bonchev–Trinajstić information content (AvgIpc) is 2.69. The van der Waals surface area contributed by atoms with Crippen LogP contribution >= 0.6 is 0 Å². The molecule has 1 aromatic rings. The highest BCUT2D eigenvalue weighted by atomic mass is 32.2. The zero-order chi connectivity index (χ0) is 10.6. The topological polar surface area (TPSA) is 58.5 Å². The van der Waals surface area contributed by atoms with Gasteiger partial charge in [0.15, 0.2) is 9.84 Å². The SMILES string of the molecule is CC1NN=C2c3ccccc3S(=O)(=O)[C@@H]21. The van der Waals surface area contributed by atoms with Crippen molar-refractivity contribution in [3.8, 4) is 0 Å². The summed E-state index contributed by atoms with van der Waals surface area (Å²) in [4.78, 5) is 0.419. The van der Waals surface area contributed by atoms with Gasteiger partial charge in [-0.25, -0.2) is 8.42 Å². The van der Waals surface area contributed by atoms with E-state index in [0.29, 0.717) is 10.6 Å². The van der Waals surface area contributed by atoms with Crippen LogP contribution in [0.3, 0.4) is 0 Å². The van der Waals surface area contributed by atoms with Gasteiger partial charge in [-0.2, -0.15) is 5.10 Å². The van der Waals surface area contributed by atoms with Crippen molar-refractivity contribution in [2.45, 2.75) is 23.1 Å². The molecule has 0 saturated heterocycles. The molecule has 0 spiro atoms. The molecule has 15 heavy (non-hydrogen) atoms. The summed E-state index contributed by atoms with van der Waals surface area (Å²) in [6.45, 7) is 1.84. The summed E-state index contributed by atoms with van der Waals surface area (Å²) in [5.41, 5.74) is 4.24. The smallest absolute Gasteiger partial charge is 0.189 e. The number of hydrogen-bond donors (Lipinski definition) is 1. The van der Waals surface area contributed by atoms with Gasteiger partial charge in [-0.15, -0.1) is 0 Å². The van der Waals surface area contributed by atoms with Gasteiger partial charge in [0.25, 0.3) is 0 Å². The number of hydrogen-bond acceptors (Lipinski definition) is 4. The maximum atomic E-state index is 12.2. The third-order valence-electron chi connectivity index (χ3n) is 2.92. The fourth-order valence-electron chi connectivity index (χ4n) is 2.23. The van der Waals surface area contributed by atoms with Gasteiger partial charge in [0.05, 0.1) is 16.6 Å². The van der Waals surface area contributed by atoms with Gasteiger partial charge in [0.2, 0.25) is 0 Å². The van der Waals surface area contributed by atoms with Crippen LogP contribution in [-0.4, -0.2) is 25.4 Å². The number of hydrazone groups is 1. The van der Waals surface area contributed by atoms with Crippen molar-refractivity contribution in [3.63, 3.8) is 0 Å². The molecule has 2 atom stereocenters. The highest BCUT2D eigenvalue weighted by Crippen LogP contribution is 2.35. The minimum absolute atomic E-state index is 0.141. The highest BCUT2D eigenvalue weighted by Gasteiger charge is 2.48. The largest absolute Gasteiger partial charge is 0.305 e. The fourth-order valence-corrected chi connectivity index (χ4v) is 4.32. The number of rotatable bonds is 0. The Hall–Kier alpha value is -1.36. The molecule has 2 heterocycles. The molecule has 0 radical (unpaired) electrons. The average molecular weight is 222 g/mol. The lowest BCUT2D eigenvalue weighted by Gasteiger charge is -2.10. The predicted molar refractivity (Wildman–Crippen MR) is 56.6 cm³/mol. The minimum atomic E-state index is -3.23. The number of benzene rings is 1. The Morgan fingerprint density at radius 1 is 1.33 bits per heavy atom. The molecule has 0 fully saturated rings. The molecular formula is C10H10N2O2S. The van der Waals surface area contributed by atoms with Crippen molar-refractivity contribution >= 4 is 15.5 Å². The van der Waals surface area contributed by atoms with Crippen LogP contribution in [0.4, 0.5) is 0 Å². The molecule has 0 aromatic heterocycles. The van der Waals surface area contributed by atoms with Crippen LogP contribution in [0.5, 0.6) is 0 Å². The fraction of sp³-hybridized carbons (Fsp3) is 0.300. The summed E-state index contributed by atoms with van der Waals surface area (Å²) >= 11 is 0. The van der Waals surface area contributed by atoms with Gasteiger partial charge in [-0.05, 0) is 13.0 Å². The highest BCUT2D eigenvalue weighted by molar-refractivity contribution is 7.93. The zero-order valence-corrected chi connectivity index (χ0v) is 8.95. The Kier molecular flexibility index (Phi) is 1.55. The molecule has 1 aromatic carbocycles. The predicted octanol–water partition coefficient (Wildman–Crippen LogP) is 0.538. The zero-order valence-electron chi connectivity index (χ0n) is 8.14. The third-order valence-corrected chi connectivity index (χ3v) is 5.19. The second kappa shape index (κ2) is 2.61. The Bertz CT molecular complexity index is 563. The molecule has 5 heteroatoms. The summed E-state index contributed by atoms with van der Waals surface area (Å²) in [6, 6.07) is 6.90. The van der Waals surface area contributed by atoms with Crippen molar-refractivity contribution < 1.29 is 8.42 Å². The quantitative estimate of drug-likeness (QED) is 0.697. The summed E-state index contributed by atoms with van der Waals surface area (Å²) in [5.74, 6) is 0. The lowest BCUT2D eigenvalue weighted by Crippen LogP contribution is -2.34. The van der Waals surface area contributed by atoms with E-state index in [9.17, 15) is 8.42 Å². The summed E-state index contributed by atoms with van der Waals surface area (Å²) in [5, 5.41) is 3.60. The van der Waals surface area contributed by atoms with Crippen LogP contribution in [0.25, 0.3) is 0 Å². The van der Waals surface area contributed by atoms with Gasteiger partial charge >= 0.3 is 0 Å². The van der Waals surface area contributed by atoms with Crippen molar-refractivity contribution in [2.24, 2.45) is 5.10 Å². The molecule has 0 bridgehead atoms. The summed E-state index contributed by atoms with van der Waals surface area (Å²) in [6.07, 6.45) is 0. The standard InChI is InChI=1S/C10H10N2O2S/c1-6-10-9(12-11-6)7-4-2-3-5-8(7)15(10,13)14/h2-6,10-11H,1H3/t6?,10-/m1/s1. The Morgan fingerprint density at radius 2 is 2.07 bits per heavy atom. The first kappa shape index (κ1) is 8.91. The molecule has 0 aliphatic carbocycles. The first-order valence-electron chi connectivity index (χ1n) is 4.79. The van der Waals surface area contributed by atoms with E-state index in [4.69, 9.17) is 0 Å². The van der Waals surface area contributed by atoms with E-state index >= 15 is 0 Å². The van der Waals surface area contributed by atoms with Crippen molar-refractivity contribution in [1.82, 2.24) is 5.43 Å². The van der Waals surface area contributed by atoms with E-state index in [1.165, 1.54) is 0 Å². The number of nitrogens with one attached hydrogen (secondary N) is 1. The monoisotopic (exact) mass is 222 g/mol. The molecule has 2 aliphatic heterocycles. The van der Waals surface area contributed by atoms with Crippen LogP contribution in [0.15, 0.2) is 34.3 Å². The van der Waals surface area contributed by atoms with Crippen LogP contribution in [-0.2, 0) is 9.84 Å². The molecule has 3 rings (SSSR count). The first-order chi connectivity index (χ1) is 7.12. The van der Waals surface area contributed by atoms with Crippen LogP contribution in [0.2, 0.25) is 0 Å². The maximum absolute atomic E-state index is 12.2. The summed E-state index contributed by atoms with van der Waals surface area (Å²) in [7, 11) is -3.23. The van der Waals surface area contributed by atoms with E-state index in [-0.39, 0.29) is 6.04 Å². The molecule has 2 aliphatic rings. The number of fused-ring (bicyclic) bond motifs is 3. The van der Waals surface area contributed by atoms with E-state index in [2.05, 4.69) is 10.5 Å². The van der Waals surface area contributed by atoms with Gasteiger partial charge in [-0.1, -0.05) is 18.2 Å². The summed E-state index contributed by atoms with van der Waals surface area (Å²) < 4.78 is 24.3. The van der Waals surface area contributed by atoms with Crippen molar-refractivity contribution in [2.75, 3.05) is 0 Å². The van der Waals surface area contributed by atoms with E-state index in [1.54, 1.807) is 12.1 Å². The van der Waals surface area contributed by atoms with E-state index in [1.807, 2.05) is 19.1 Å². The molecule has 0 saturated carbocycles. The van der Waals surface area contributed by atoms with Gasteiger partial charge in [-0.3, -0.25) is 0 Å². The first-order valence-corrected chi connectivity index (χ1v) is 6.33. The minimum Gasteiger partial charge on any atom is -0.305 e. The van der Waals surface area contributed by atoms with Gasteiger partial charge in [0.1, 0.15) is 5.25 Å². The molecule has 78 valence electrons. The second-order valence-corrected chi connectivity index (χ2v) is 5.91.